The first-order chi connectivity index (χ1) is 11.3. The third kappa shape index (κ3) is 8.51. The zero-order valence-corrected chi connectivity index (χ0v) is 18.1. The van der Waals surface area contributed by atoms with Crippen molar-refractivity contribution in [3.63, 3.8) is 0 Å². The Bertz CT molecular complexity index is 576. The number of benzene rings is 1. The summed E-state index contributed by atoms with van der Waals surface area (Å²) in [5.41, 5.74) is 0.620. The van der Waals surface area contributed by atoms with Crippen LogP contribution in [0.4, 0.5) is 4.39 Å². The lowest BCUT2D eigenvalue weighted by Crippen LogP contribution is -2.40. The van der Waals surface area contributed by atoms with Gasteiger partial charge in [-0.25, -0.2) is 4.39 Å². The predicted molar refractivity (Wildman–Crippen MR) is 112 cm³/mol. The van der Waals surface area contributed by atoms with Gasteiger partial charge in [0.15, 0.2) is 5.96 Å². The van der Waals surface area contributed by atoms with Gasteiger partial charge in [-0.3, -0.25) is 9.79 Å². The van der Waals surface area contributed by atoms with Gasteiger partial charge in [0.2, 0.25) is 5.91 Å². The van der Waals surface area contributed by atoms with Gasteiger partial charge in [0.25, 0.3) is 0 Å². The average molecular weight is 464 g/mol. The highest BCUT2D eigenvalue weighted by Gasteiger charge is 2.21. The lowest BCUT2D eigenvalue weighted by atomic mass is 9.85. The minimum absolute atomic E-state index is 0. The monoisotopic (exact) mass is 464 g/mol. The van der Waals surface area contributed by atoms with E-state index in [1.54, 1.807) is 31.1 Å². The number of amides is 1. The molecule has 0 aliphatic carbocycles. The Morgan fingerprint density at radius 3 is 2.52 bits per heavy atom. The highest BCUT2D eigenvalue weighted by Crippen LogP contribution is 2.24. The molecule has 25 heavy (non-hydrogen) atoms. The highest BCUT2D eigenvalue weighted by molar-refractivity contribution is 14.0. The molecule has 2 N–H and O–H groups in total. The molecule has 0 aromatic heterocycles. The van der Waals surface area contributed by atoms with Crippen LogP contribution in [-0.4, -0.2) is 50.5 Å². The van der Waals surface area contributed by atoms with E-state index in [1.165, 1.54) is 6.07 Å². The summed E-state index contributed by atoms with van der Waals surface area (Å²) < 4.78 is 13.4. The van der Waals surface area contributed by atoms with Crippen LogP contribution in [0, 0.1) is 5.82 Å². The minimum Gasteiger partial charge on any atom is -0.357 e. The van der Waals surface area contributed by atoms with Crippen LogP contribution in [0.25, 0.3) is 0 Å². The highest BCUT2D eigenvalue weighted by atomic mass is 127. The molecule has 0 saturated carbocycles. The number of nitrogens with one attached hydrogen (secondary N) is 2. The number of carbonyl (C=O) groups excluding carboxylic acids is 1. The lowest BCUT2D eigenvalue weighted by molar-refractivity contribution is -0.128. The van der Waals surface area contributed by atoms with Crippen molar-refractivity contribution in [1.82, 2.24) is 15.5 Å². The van der Waals surface area contributed by atoms with E-state index in [2.05, 4.69) is 15.6 Å². The van der Waals surface area contributed by atoms with Crippen molar-refractivity contribution < 1.29 is 9.18 Å². The Kier molecular flexibility index (Phi) is 10.7. The SMILES string of the molecule is CCNC(=NCC(C)(C)c1cccc(F)c1)NCCC(=O)N(C)C.I. The number of carbonyl (C=O) groups is 1. The molecule has 0 atom stereocenters. The smallest absolute Gasteiger partial charge is 0.223 e. The first-order valence-electron chi connectivity index (χ1n) is 8.24. The summed E-state index contributed by atoms with van der Waals surface area (Å²) in [5, 5.41) is 6.32. The van der Waals surface area contributed by atoms with Crippen LogP contribution in [0.5, 0.6) is 0 Å². The summed E-state index contributed by atoms with van der Waals surface area (Å²) in [6.07, 6.45) is 0.407. The molecule has 0 spiro atoms. The summed E-state index contributed by atoms with van der Waals surface area (Å²) >= 11 is 0. The van der Waals surface area contributed by atoms with E-state index in [0.717, 1.165) is 12.1 Å². The Morgan fingerprint density at radius 1 is 1.28 bits per heavy atom. The van der Waals surface area contributed by atoms with Gasteiger partial charge in [-0.2, -0.15) is 0 Å². The molecule has 5 nitrogen and oxygen atoms in total. The maximum atomic E-state index is 13.4. The van der Waals surface area contributed by atoms with Crippen LogP contribution in [-0.2, 0) is 10.2 Å². The number of halogens is 2. The Balaban J connectivity index is 0.00000576. The second-order valence-corrected chi connectivity index (χ2v) is 6.55. The van der Waals surface area contributed by atoms with Crippen molar-refractivity contribution in [1.29, 1.82) is 0 Å². The van der Waals surface area contributed by atoms with Gasteiger partial charge in [-0.1, -0.05) is 26.0 Å². The lowest BCUT2D eigenvalue weighted by Gasteiger charge is -2.24. The molecule has 0 aliphatic rings. The quantitative estimate of drug-likeness (QED) is 0.371. The summed E-state index contributed by atoms with van der Waals surface area (Å²) in [6.45, 7) is 7.80. The normalized spacial score (nSPS) is 11.5. The van der Waals surface area contributed by atoms with E-state index in [-0.39, 0.29) is 41.1 Å². The Hall–Kier alpha value is -1.38. The average Bonchev–Trinajstić information content (AvgIpc) is 2.52. The number of hydrogen-bond donors (Lipinski definition) is 2. The fourth-order valence-corrected chi connectivity index (χ4v) is 2.13. The molecule has 0 heterocycles. The zero-order valence-electron chi connectivity index (χ0n) is 15.7. The van der Waals surface area contributed by atoms with Crippen molar-refractivity contribution in [2.24, 2.45) is 4.99 Å². The second kappa shape index (κ2) is 11.3. The van der Waals surface area contributed by atoms with Crippen LogP contribution in [0.2, 0.25) is 0 Å². The van der Waals surface area contributed by atoms with Crippen LogP contribution >= 0.6 is 24.0 Å². The van der Waals surface area contributed by atoms with Crippen LogP contribution in [0.1, 0.15) is 32.8 Å². The molecule has 142 valence electrons. The standard InChI is InChI=1S/C18H29FN4O.HI/c1-6-20-17(21-11-10-16(24)23(4)5)22-13-18(2,3)14-8-7-9-15(19)12-14;/h7-9,12H,6,10-11,13H2,1-5H3,(H2,20,21,22);1H. The predicted octanol–water partition coefficient (Wildman–Crippen LogP) is 2.75. The molecule has 1 amide bonds. The second-order valence-electron chi connectivity index (χ2n) is 6.55. The summed E-state index contributed by atoms with van der Waals surface area (Å²) in [6, 6.07) is 6.61. The molecule has 0 aliphatic heterocycles. The molecule has 1 aromatic carbocycles. The first-order valence-corrected chi connectivity index (χ1v) is 8.24. The molecule has 7 heteroatoms. The summed E-state index contributed by atoms with van der Waals surface area (Å²) in [5.74, 6) is 0.490. The first kappa shape index (κ1) is 23.6. The van der Waals surface area contributed by atoms with E-state index in [9.17, 15) is 9.18 Å². The fraction of sp³-hybridized carbons (Fsp3) is 0.556. The Morgan fingerprint density at radius 2 is 1.96 bits per heavy atom. The summed E-state index contributed by atoms with van der Waals surface area (Å²) in [4.78, 5) is 17.8. The van der Waals surface area contributed by atoms with Crippen LogP contribution in [0.15, 0.2) is 29.3 Å². The van der Waals surface area contributed by atoms with Gasteiger partial charge >= 0.3 is 0 Å². The maximum Gasteiger partial charge on any atom is 0.223 e. The maximum absolute atomic E-state index is 13.4. The molecular weight excluding hydrogens is 434 g/mol. The fourth-order valence-electron chi connectivity index (χ4n) is 2.13. The largest absolute Gasteiger partial charge is 0.357 e. The minimum atomic E-state index is -0.288. The topological polar surface area (TPSA) is 56.7 Å². The van der Waals surface area contributed by atoms with Crippen molar-refractivity contribution in [3.8, 4) is 0 Å². The molecule has 1 aromatic rings. The van der Waals surface area contributed by atoms with Crippen molar-refractivity contribution in [2.45, 2.75) is 32.6 Å². The van der Waals surface area contributed by atoms with Gasteiger partial charge in [-0.15, -0.1) is 24.0 Å². The van der Waals surface area contributed by atoms with Gasteiger partial charge in [0.1, 0.15) is 5.82 Å². The van der Waals surface area contributed by atoms with E-state index in [1.807, 2.05) is 26.8 Å². The van der Waals surface area contributed by atoms with Crippen LogP contribution in [0.3, 0.4) is 0 Å². The number of hydrogen-bond acceptors (Lipinski definition) is 2. The molecule has 0 fully saturated rings. The van der Waals surface area contributed by atoms with Crippen molar-refractivity contribution in [2.75, 3.05) is 33.7 Å². The van der Waals surface area contributed by atoms with Crippen molar-refractivity contribution >= 4 is 35.8 Å². The third-order valence-corrected chi connectivity index (χ3v) is 3.71. The molecule has 0 bridgehead atoms. The number of guanidine groups is 1. The number of nitrogens with zero attached hydrogens (tertiary/aromatic N) is 2. The number of rotatable bonds is 7. The van der Waals surface area contributed by atoms with Crippen LogP contribution < -0.4 is 10.6 Å². The molecular formula is C18H30FIN4O. The van der Waals surface area contributed by atoms with Gasteiger partial charge in [0, 0.05) is 39.0 Å². The number of aliphatic imine (C=N–C) groups is 1. The molecule has 0 saturated heterocycles. The van der Waals surface area contributed by atoms with Gasteiger partial charge < -0.3 is 15.5 Å². The van der Waals surface area contributed by atoms with Gasteiger partial charge in [-0.05, 0) is 24.6 Å². The van der Waals surface area contributed by atoms with E-state index >= 15 is 0 Å². The van der Waals surface area contributed by atoms with E-state index < -0.39 is 0 Å². The van der Waals surface area contributed by atoms with E-state index in [4.69, 9.17) is 0 Å². The zero-order chi connectivity index (χ0) is 18.2. The molecule has 0 radical (unpaired) electrons. The molecule has 1 rings (SSSR count). The third-order valence-electron chi connectivity index (χ3n) is 3.71. The Labute approximate surface area is 167 Å². The van der Waals surface area contributed by atoms with E-state index in [0.29, 0.717) is 25.5 Å². The molecule has 0 unspecified atom stereocenters. The summed E-state index contributed by atoms with van der Waals surface area (Å²) in [7, 11) is 3.48. The van der Waals surface area contributed by atoms with Crippen molar-refractivity contribution in [3.05, 3.63) is 35.6 Å². The van der Waals surface area contributed by atoms with Gasteiger partial charge in [0.05, 0.1) is 6.54 Å².